The Hall–Kier alpha value is -3.46. The van der Waals surface area contributed by atoms with Gasteiger partial charge in [0.1, 0.15) is 5.75 Å². The SMILES string of the molecule is CCCCOc1ccc(S(=O)(=O)Nc2ccc(-c3ccc4nnc(C)n4n3)cc2)cc1. The summed E-state index contributed by atoms with van der Waals surface area (Å²) in [6.07, 6.45) is 2.00. The lowest BCUT2D eigenvalue weighted by Crippen LogP contribution is -2.12. The minimum absolute atomic E-state index is 0.176. The van der Waals surface area contributed by atoms with Crippen molar-refractivity contribution in [2.45, 2.75) is 31.6 Å². The van der Waals surface area contributed by atoms with E-state index in [9.17, 15) is 8.42 Å². The largest absolute Gasteiger partial charge is 0.494 e. The molecule has 9 heteroatoms. The number of nitrogens with one attached hydrogen (secondary N) is 1. The first-order valence-electron chi connectivity index (χ1n) is 10.0. The van der Waals surface area contributed by atoms with Crippen LogP contribution in [0, 0.1) is 6.92 Å². The Morgan fingerprint density at radius 3 is 2.42 bits per heavy atom. The Labute approximate surface area is 181 Å². The fourth-order valence-electron chi connectivity index (χ4n) is 3.02. The van der Waals surface area contributed by atoms with Gasteiger partial charge < -0.3 is 4.74 Å². The zero-order chi connectivity index (χ0) is 21.8. The number of unbranched alkanes of at least 4 members (excludes halogenated alkanes) is 1. The zero-order valence-electron chi connectivity index (χ0n) is 17.3. The molecule has 0 aliphatic carbocycles. The summed E-state index contributed by atoms with van der Waals surface area (Å²) in [4.78, 5) is 0.176. The van der Waals surface area contributed by atoms with Crippen molar-refractivity contribution in [3.63, 3.8) is 0 Å². The summed E-state index contributed by atoms with van der Waals surface area (Å²) >= 11 is 0. The molecule has 2 aromatic heterocycles. The molecule has 2 aromatic carbocycles. The van der Waals surface area contributed by atoms with Crippen LogP contribution < -0.4 is 9.46 Å². The summed E-state index contributed by atoms with van der Waals surface area (Å²) in [5.41, 5.74) is 2.73. The molecule has 0 aliphatic rings. The van der Waals surface area contributed by atoms with E-state index >= 15 is 0 Å². The van der Waals surface area contributed by atoms with Crippen LogP contribution in [0.15, 0.2) is 65.6 Å². The second kappa shape index (κ2) is 8.73. The van der Waals surface area contributed by atoms with Crippen LogP contribution in [0.4, 0.5) is 5.69 Å². The number of sulfonamides is 1. The average Bonchev–Trinajstić information content (AvgIpc) is 3.15. The maximum Gasteiger partial charge on any atom is 0.261 e. The van der Waals surface area contributed by atoms with Crippen molar-refractivity contribution in [3.05, 3.63) is 66.5 Å². The van der Waals surface area contributed by atoms with Crippen molar-refractivity contribution in [3.8, 4) is 17.0 Å². The van der Waals surface area contributed by atoms with Gasteiger partial charge in [0.05, 0.1) is 17.2 Å². The number of fused-ring (bicyclic) bond motifs is 1. The number of rotatable bonds is 8. The Morgan fingerprint density at radius 2 is 1.71 bits per heavy atom. The Bertz CT molecular complexity index is 1280. The highest BCUT2D eigenvalue weighted by Crippen LogP contribution is 2.23. The molecule has 160 valence electrons. The number of hydrogen-bond acceptors (Lipinski definition) is 6. The molecule has 0 amide bonds. The molecule has 0 spiro atoms. The number of aryl methyl sites for hydroxylation is 1. The van der Waals surface area contributed by atoms with Crippen molar-refractivity contribution in [2.24, 2.45) is 0 Å². The Balaban J connectivity index is 1.48. The molecule has 31 heavy (non-hydrogen) atoms. The number of anilines is 1. The maximum atomic E-state index is 12.7. The van der Waals surface area contributed by atoms with Crippen molar-refractivity contribution in [1.29, 1.82) is 0 Å². The van der Waals surface area contributed by atoms with Crippen LogP contribution in [0.2, 0.25) is 0 Å². The summed E-state index contributed by atoms with van der Waals surface area (Å²) in [6.45, 7) is 4.54. The standard InChI is InChI=1S/C22H23N5O3S/c1-3-4-15-30-19-9-11-20(12-10-19)31(28,29)26-18-7-5-17(6-8-18)21-13-14-22-24-23-16(2)27(22)25-21/h5-14,26H,3-4,15H2,1-2H3. The number of ether oxygens (including phenoxy) is 1. The predicted octanol–water partition coefficient (Wildman–Crippen LogP) is 4.08. The van der Waals surface area contributed by atoms with Gasteiger partial charge in [-0.3, -0.25) is 4.72 Å². The predicted molar refractivity (Wildman–Crippen MR) is 119 cm³/mol. The van der Waals surface area contributed by atoms with Gasteiger partial charge in [-0.25, -0.2) is 8.42 Å². The van der Waals surface area contributed by atoms with E-state index in [4.69, 9.17) is 4.74 Å². The molecular formula is C22H23N5O3S. The second-order valence-electron chi connectivity index (χ2n) is 7.09. The lowest BCUT2D eigenvalue weighted by atomic mass is 10.1. The van der Waals surface area contributed by atoms with Gasteiger partial charge in [-0.05, 0) is 61.9 Å². The molecule has 0 saturated carbocycles. The van der Waals surface area contributed by atoms with E-state index in [0.29, 0.717) is 29.5 Å². The molecule has 0 atom stereocenters. The fourth-order valence-corrected chi connectivity index (χ4v) is 4.08. The first-order valence-corrected chi connectivity index (χ1v) is 11.5. The minimum Gasteiger partial charge on any atom is -0.494 e. The minimum atomic E-state index is -3.70. The van der Waals surface area contributed by atoms with Gasteiger partial charge in [0, 0.05) is 11.3 Å². The molecule has 4 aromatic rings. The van der Waals surface area contributed by atoms with Gasteiger partial charge in [-0.1, -0.05) is 25.5 Å². The summed E-state index contributed by atoms with van der Waals surface area (Å²) in [7, 11) is -3.70. The molecule has 0 bridgehead atoms. The number of nitrogens with zero attached hydrogens (tertiary/aromatic N) is 4. The zero-order valence-corrected chi connectivity index (χ0v) is 18.1. The van der Waals surface area contributed by atoms with E-state index in [0.717, 1.165) is 24.1 Å². The summed E-state index contributed by atoms with van der Waals surface area (Å²) in [5.74, 6) is 1.35. The van der Waals surface area contributed by atoms with Gasteiger partial charge in [0.25, 0.3) is 10.0 Å². The van der Waals surface area contributed by atoms with Crippen molar-refractivity contribution < 1.29 is 13.2 Å². The van der Waals surface area contributed by atoms with Gasteiger partial charge in [0.15, 0.2) is 11.5 Å². The Morgan fingerprint density at radius 1 is 0.968 bits per heavy atom. The molecule has 0 fully saturated rings. The van der Waals surface area contributed by atoms with Crippen LogP contribution in [-0.2, 0) is 10.0 Å². The lowest BCUT2D eigenvalue weighted by molar-refractivity contribution is 0.309. The molecular weight excluding hydrogens is 414 g/mol. The second-order valence-corrected chi connectivity index (χ2v) is 8.77. The summed E-state index contributed by atoms with van der Waals surface area (Å²) in [6, 6.07) is 17.2. The molecule has 0 unspecified atom stereocenters. The third kappa shape index (κ3) is 4.66. The molecule has 4 rings (SSSR count). The van der Waals surface area contributed by atoms with Crippen LogP contribution in [0.5, 0.6) is 5.75 Å². The topological polar surface area (TPSA) is 98.5 Å². The normalized spacial score (nSPS) is 11.5. The van der Waals surface area contributed by atoms with Gasteiger partial charge in [-0.15, -0.1) is 10.2 Å². The Kier molecular flexibility index (Phi) is 5.85. The quantitative estimate of drug-likeness (QED) is 0.417. The third-order valence-electron chi connectivity index (χ3n) is 4.75. The van der Waals surface area contributed by atoms with Gasteiger partial charge in [0.2, 0.25) is 0 Å². The number of aromatic nitrogens is 4. The molecule has 0 aliphatic heterocycles. The molecule has 8 nitrogen and oxygen atoms in total. The van der Waals surface area contributed by atoms with Crippen molar-refractivity contribution >= 4 is 21.4 Å². The highest BCUT2D eigenvalue weighted by Gasteiger charge is 2.14. The van der Waals surface area contributed by atoms with E-state index in [1.807, 2.05) is 31.2 Å². The molecule has 0 saturated heterocycles. The molecule has 0 radical (unpaired) electrons. The van der Waals surface area contributed by atoms with Gasteiger partial charge in [-0.2, -0.15) is 9.61 Å². The highest BCUT2D eigenvalue weighted by atomic mass is 32.2. The van der Waals surface area contributed by atoms with Crippen LogP contribution in [0.25, 0.3) is 16.9 Å². The van der Waals surface area contributed by atoms with Crippen LogP contribution in [0.1, 0.15) is 25.6 Å². The molecule has 2 heterocycles. The first kappa shape index (κ1) is 20.8. The highest BCUT2D eigenvalue weighted by molar-refractivity contribution is 7.92. The maximum absolute atomic E-state index is 12.7. The number of benzene rings is 2. The van der Waals surface area contributed by atoms with E-state index < -0.39 is 10.0 Å². The third-order valence-corrected chi connectivity index (χ3v) is 6.15. The summed E-state index contributed by atoms with van der Waals surface area (Å²) < 4.78 is 35.3. The van der Waals surface area contributed by atoms with Crippen LogP contribution >= 0.6 is 0 Å². The first-order chi connectivity index (χ1) is 15.0. The van der Waals surface area contributed by atoms with Crippen LogP contribution in [0.3, 0.4) is 0 Å². The van der Waals surface area contributed by atoms with Crippen molar-refractivity contribution in [2.75, 3.05) is 11.3 Å². The monoisotopic (exact) mass is 437 g/mol. The van der Waals surface area contributed by atoms with Crippen LogP contribution in [-0.4, -0.2) is 34.8 Å². The van der Waals surface area contributed by atoms with E-state index in [1.165, 1.54) is 0 Å². The van der Waals surface area contributed by atoms with E-state index in [2.05, 4.69) is 26.9 Å². The fraction of sp³-hybridized carbons (Fsp3) is 0.227. The average molecular weight is 438 g/mol. The van der Waals surface area contributed by atoms with Crippen molar-refractivity contribution in [1.82, 2.24) is 19.8 Å². The van der Waals surface area contributed by atoms with E-state index in [-0.39, 0.29) is 4.90 Å². The molecule has 1 N–H and O–H groups in total. The summed E-state index contributed by atoms with van der Waals surface area (Å²) in [5, 5.41) is 12.6. The van der Waals surface area contributed by atoms with Gasteiger partial charge >= 0.3 is 0 Å². The smallest absolute Gasteiger partial charge is 0.261 e. The number of hydrogen-bond donors (Lipinski definition) is 1. The van der Waals surface area contributed by atoms with E-state index in [1.54, 1.807) is 40.9 Å². The lowest BCUT2D eigenvalue weighted by Gasteiger charge is -2.10.